The topological polar surface area (TPSA) is 9.86 Å². The number of hydrogen-bond donors (Lipinski definition) is 0. The van der Waals surface area contributed by atoms with Crippen LogP contribution in [0.5, 0.6) is 0 Å². The van der Waals surface area contributed by atoms with Gasteiger partial charge in [0.1, 0.15) is 0 Å². The molecular formula is C42H28N2. The largest absolute Gasteiger partial charge is 0.309 e. The molecule has 0 unspecified atom stereocenters. The molecule has 2 nitrogen and oxygen atoms in total. The fourth-order valence-electron chi connectivity index (χ4n) is 6.24. The summed E-state index contributed by atoms with van der Waals surface area (Å²) in [5.74, 6) is 0. The molecule has 9 aromatic rings. The van der Waals surface area contributed by atoms with Gasteiger partial charge < -0.3 is 9.13 Å². The lowest BCUT2D eigenvalue weighted by Gasteiger charge is -2.11. The molecule has 2 heteroatoms. The lowest BCUT2D eigenvalue weighted by atomic mass is 9.99. The highest BCUT2D eigenvalue weighted by Gasteiger charge is 2.20. The van der Waals surface area contributed by atoms with Gasteiger partial charge in [-0.3, -0.25) is 0 Å². The van der Waals surface area contributed by atoms with E-state index in [1.807, 2.05) is 72.8 Å². The number of benzene rings is 7. The Kier molecular flexibility index (Phi) is 3.74. The van der Waals surface area contributed by atoms with Crippen LogP contribution in [0.25, 0.3) is 77.2 Å². The summed E-state index contributed by atoms with van der Waals surface area (Å²) in [6.07, 6.45) is 0. The van der Waals surface area contributed by atoms with Gasteiger partial charge in [-0.05, 0) is 76.8 Å². The fraction of sp³-hybridized carbons (Fsp3) is 0. The Morgan fingerprint density at radius 3 is 1.39 bits per heavy atom. The number of hydrogen-bond acceptors (Lipinski definition) is 0. The first kappa shape index (κ1) is 16.7. The van der Waals surface area contributed by atoms with Crippen molar-refractivity contribution in [3.63, 3.8) is 0 Å². The Morgan fingerprint density at radius 1 is 0.364 bits per heavy atom. The first-order chi connectivity index (χ1) is 26.0. The van der Waals surface area contributed by atoms with Crippen molar-refractivity contribution in [1.82, 2.24) is 9.13 Å². The summed E-state index contributed by atoms with van der Waals surface area (Å²) in [7, 11) is 0. The number of nitrogens with zero attached hydrogens (tertiary/aromatic N) is 2. The van der Waals surface area contributed by atoms with Crippen LogP contribution >= 0.6 is 0 Å². The summed E-state index contributed by atoms with van der Waals surface area (Å²) in [5.41, 5.74) is 5.46. The Bertz CT molecular complexity index is 3020. The molecule has 2 aromatic heterocycles. The molecule has 0 saturated carbocycles. The van der Waals surface area contributed by atoms with Crippen molar-refractivity contribution in [2.45, 2.75) is 0 Å². The molecule has 0 aliphatic carbocycles. The molecule has 0 radical (unpaired) electrons. The molecule has 0 amide bonds. The molecule has 0 aliphatic rings. The summed E-state index contributed by atoms with van der Waals surface area (Å²) < 4.78 is 93.3. The van der Waals surface area contributed by atoms with Crippen molar-refractivity contribution in [2.24, 2.45) is 0 Å². The van der Waals surface area contributed by atoms with Crippen LogP contribution in [0, 0.1) is 0 Å². The van der Waals surface area contributed by atoms with Gasteiger partial charge in [0.05, 0.1) is 35.8 Å². The van der Waals surface area contributed by atoms with Gasteiger partial charge in [0, 0.05) is 32.9 Å². The van der Waals surface area contributed by atoms with E-state index in [-0.39, 0.29) is 79.9 Å². The fourth-order valence-corrected chi connectivity index (χ4v) is 6.24. The van der Waals surface area contributed by atoms with E-state index >= 15 is 0 Å². The minimum atomic E-state index is -0.483. The van der Waals surface area contributed by atoms with Gasteiger partial charge in [-0.1, -0.05) is 115 Å². The maximum atomic E-state index is 9.54. The highest BCUT2D eigenvalue weighted by atomic mass is 15.0. The Morgan fingerprint density at radius 2 is 0.818 bits per heavy atom. The first-order valence-electron chi connectivity index (χ1n) is 19.3. The van der Waals surface area contributed by atoms with Crippen LogP contribution in [-0.4, -0.2) is 9.13 Å². The second-order valence-electron chi connectivity index (χ2n) is 10.6. The van der Waals surface area contributed by atoms with Crippen molar-refractivity contribution in [2.75, 3.05) is 0 Å². The van der Waals surface area contributed by atoms with E-state index in [0.29, 0.717) is 11.4 Å². The van der Waals surface area contributed by atoms with Gasteiger partial charge in [-0.25, -0.2) is 0 Å². The lowest BCUT2D eigenvalue weighted by molar-refractivity contribution is 1.17. The molecular weight excluding hydrogens is 532 g/mol. The Hall–Kier alpha value is -5.86. The third-order valence-electron chi connectivity index (χ3n) is 8.20. The zero-order chi connectivity index (χ0) is 37.7. The van der Waals surface area contributed by atoms with Crippen LogP contribution in [0.4, 0.5) is 0 Å². The number of rotatable bonds is 4. The van der Waals surface area contributed by atoms with Crippen molar-refractivity contribution >= 4 is 43.6 Å². The summed E-state index contributed by atoms with van der Waals surface area (Å²) in [5, 5.41) is 0.601. The van der Waals surface area contributed by atoms with Crippen LogP contribution in [0.15, 0.2) is 170 Å². The quantitative estimate of drug-likeness (QED) is 0.199. The SMILES string of the molecule is [2H]c1c([2H])c([2H])c2c(c1[2H])c1c3c4c([2H])c([2H])c([2H])c([2H])c4n(-c4ccc(-c5cccc(-c6ccccc6)c5)cc4)c3c([2H])c([2H])c1n2-c1ccccc1. The minimum Gasteiger partial charge on any atom is -0.309 e. The highest BCUT2D eigenvalue weighted by Crippen LogP contribution is 2.42. The molecule has 0 atom stereocenters. The monoisotopic (exact) mass is 570 g/mol. The minimum absolute atomic E-state index is 0.0914. The molecule has 0 saturated heterocycles. The van der Waals surface area contributed by atoms with Gasteiger partial charge in [0.25, 0.3) is 0 Å². The smallest absolute Gasteiger partial charge is 0.0646 e. The zero-order valence-corrected chi connectivity index (χ0v) is 23.3. The average Bonchev–Trinajstić information content (AvgIpc) is 3.75. The second-order valence-corrected chi connectivity index (χ2v) is 10.6. The van der Waals surface area contributed by atoms with Crippen LogP contribution < -0.4 is 0 Å². The molecule has 0 bridgehead atoms. The predicted molar refractivity (Wildman–Crippen MR) is 186 cm³/mol. The van der Waals surface area contributed by atoms with Crippen molar-refractivity contribution < 1.29 is 13.7 Å². The average molecular weight is 571 g/mol. The van der Waals surface area contributed by atoms with Gasteiger partial charge in [-0.15, -0.1) is 0 Å². The van der Waals surface area contributed by atoms with Gasteiger partial charge in [0.15, 0.2) is 0 Å². The van der Waals surface area contributed by atoms with Crippen molar-refractivity contribution in [1.29, 1.82) is 0 Å². The van der Waals surface area contributed by atoms with Crippen LogP contribution in [0.1, 0.15) is 13.7 Å². The Balaban J connectivity index is 1.43. The van der Waals surface area contributed by atoms with Gasteiger partial charge in [-0.2, -0.15) is 0 Å². The predicted octanol–water partition coefficient (Wildman–Crippen LogP) is 11.2. The number of para-hydroxylation sites is 3. The lowest BCUT2D eigenvalue weighted by Crippen LogP contribution is -1.94. The van der Waals surface area contributed by atoms with E-state index < -0.39 is 24.2 Å². The van der Waals surface area contributed by atoms with E-state index in [9.17, 15) is 4.11 Å². The van der Waals surface area contributed by atoms with E-state index in [4.69, 9.17) is 9.60 Å². The summed E-state index contributed by atoms with van der Waals surface area (Å²) >= 11 is 0. The first-order valence-corrected chi connectivity index (χ1v) is 14.3. The molecule has 0 N–H and O–H groups in total. The van der Waals surface area contributed by atoms with Gasteiger partial charge >= 0.3 is 0 Å². The van der Waals surface area contributed by atoms with Crippen molar-refractivity contribution in [3.05, 3.63) is 170 Å². The van der Waals surface area contributed by atoms with E-state index in [1.54, 1.807) is 39.5 Å². The molecule has 9 rings (SSSR count). The molecule has 2 heterocycles. The van der Waals surface area contributed by atoms with E-state index in [2.05, 4.69) is 6.07 Å². The molecule has 0 fully saturated rings. The third kappa shape index (κ3) is 3.75. The van der Waals surface area contributed by atoms with Crippen LogP contribution in [0.2, 0.25) is 0 Å². The van der Waals surface area contributed by atoms with Crippen molar-refractivity contribution in [3.8, 4) is 33.6 Å². The molecule has 44 heavy (non-hydrogen) atoms. The second kappa shape index (κ2) is 9.86. The summed E-state index contributed by atoms with van der Waals surface area (Å²) in [6.45, 7) is 0. The standard InChI is InChI=1S/C42H28N2/c1-3-12-29(13-4-1)31-14-11-15-32(28-31)30-22-24-34(25-23-30)44-38-21-10-8-19-36(38)42-40(44)27-26-39-41(42)35-18-7-9-20-37(35)43(39)33-16-5-2-6-17-33/h1-28H/i7D,8D,9D,10D,18D,19D,20D,21D,26D,27D. The third-order valence-corrected chi connectivity index (χ3v) is 8.20. The normalized spacial score (nSPS) is 14.8. The van der Waals surface area contributed by atoms with E-state index in [0.717, 1.165) is 22.3 Å². The van der Waals surface area contributed by atoms with E-state index in [1.165, 1.54) is 0 Å². The molecule has 7 aromatic carbocycles. The maximum Gasteiger partial charge on any atom is 0.0646 e. The molecule has 0 aliphatic heterocycles. The maximum absolute atomic E-state index is 9.54. The summed E-state index contributed by atoms with van der Waals surface area (Å²) in [4.78, 5) is 0. The highest BCUT2D eigenvalue weighted by molar-refractivity contribution is 6.28. The summed E-state index contributed by atoms with van der Waals surface area (Å²) in [6, 6.07) is 30.7. The van der Waals surface area contributed by atoms with Crippen LogP contribution in [0.3, 0.4) is 0 Å². The number of fused-ring (bicyclic) bond motifs is 7. The van der Waals surface area contributed by atoms with Crippen LogP contribution in [-0.2, 0) is 0 Å². The molecule has 206 valence electrons. The zero-order valence-electron chi connectivity index (χ0n) is 33.3. The van der Waals surface area contributed by atoms with Gasteiger partial charge in [0.2, 0.25) is 0 Å². The Labute approximate surface area is 269 Å². The molecule has 0 spiro atoms. The number of aromatic nitrogens is 2.